The van der Waals surface area contributed by atoms with Crippen LogP contribution in [-0.4, -0.2) is 10.6 Å². The van der Waals surface area contributed by atoms with E-state index >= 15 is 0 Å². The van der Waals surface area contributed by atoms with Crippen molar-refractivity contribution < 1.29 is 5.11 Å². The minimum atomic E-state index is 0.0248. The zero-order chi connectivity index (χ0) is 9.47. The summed E-state index contributed by atoms with van der Waals surface area (Å²) < 4.78 is 0. The Kier molecular flexibility index (Phi) is 1.81. The summed E-state index contributed by atoms with van der Waals surface area (Å²) in [5, 5.41) is 9.11. The quantitative estimate of drug-likeness (QED) is 0.725. The summed E-state index contributed by atoms with van der Waals surface area (Å²) in [6, 6.07) is 7.38. The van der Waals surface area contributed by atoms with Gasteiger partial charge in [-0.05, 0) is 30.5 Å². The number of hydrogen-bond donors (Lipinski definition) is 2. The molecular formula is C11H15NO. The fraction of sp³-hybridized carbons (Fsp3) is 0.455. The smallest absolute Gasteiger partial charge is 0.115 e. The van der Waals surface area contributed by atoms with E-state index in [1.807, 2.05) is 12.1 Å². The van der Waals surface area contributed by atoms with Crippen LogP contribution in [0.3, 0.4) is 0 Å². The number of benzene rings is 1. The van der Waals surface area contributed by atoms with Gasteiger partial charge >= 0.3 is 0 Å². The molecule has 1 unspecified atom stereocenters. The molecule has 0 saturated heterocycles. The molecule has 1 aliphatic rings. The van der Waals surface area contributed by atoms with Gasteiger partial charge in [0.1, 0.15) is 5.75 Å². The second-order valence-electron chi connectivity index (χ2n) is 3.93. The fourth-order valence-corrected chi connectivity index (χ4v) is 1.87. The molecule has 1 aromatic carbocycles. The SMILES string of the molecule is CC[C@@]1(N)CC1c1ccc(O)cc1. The monoisotopic (exact) mass is 177 g/mol. The molecule has 3 N–H and O–H groups in total. The van der Waals surface area contributed by atoms with E-state index in [2.05, 4.69) is 6.92 Å². The predicted molar refractivity (Wildman–Crippen MR) is 52.7 cm³/mol. The second-order valence-corrected chi connectivity index (χ2v) is 3.93. The molecular weight excluding hydrogens is 162 g/mol. The summed E-state index contributed by atoms with van der Waals surface area (Å²) in [6.45, 7) is 2.13. The maximum absolute atomic E-state index is 9.11. The molecule has 70 valence electrons. The highest BCUT2D eigenvalue weighted by molar-refractivity contribution is 5.36. The number of nitrogens with two attached hydrogens (primary N) is 1. The van der Waals surface area contributed by atoms with Crippen molar-refractivity contribution in [2.45, 2.75) is 31.2 Å². The van der Waals surface area contributed by atoms with Gasteiger partial charge < -0.3 is 10.8 Å². The molecule has 13 heavy (non-hydrogen) atoms. The lowest BCUT2D eigenvalue weighted by atomic mass is 10.1. The Morgan fingerprint density at radius 2 is 2.08 bits per heavy atom. The van der Waals surface area contributed by atoms with Crippen LogP contribution in [0.2, 0.25) is 0 Å². The van der Waals surface area contributed by atoms with Gasteiger partial charge in [-0.1, -0.05) is 19.1 Å². The van der Waals surface area contributed by atoms with Crippen LogP contribution in [-0.2, 0) is 0 Å². The average Bonchev–Trinajstić information content (AvgIpc) is 2.81. The highest BCUT2D eigenvalue weighted by atomic mass is 16.3. The van der Waals surface area contributed by atoms with E-state index in [0.29, 0.717) is 11.7 Å². The zero-order valence-electron chi connectivity index (χ0n) is 7.83. The number of aromatic hydroxyl groups is 1. The number of rotatable bonds is 2. The lowest BCUT2D eigenvalue weighted by Gasteiger charge is -2.07. The Balaban J connectivity index is 2.16. The van der Waals surface area contributed by atoms with E-state index < -0.39 is 0 Å². The molecule has 1 fully saturated rings. The summed E-state index contributed by atoms with van der Waals surface area (Å²) >= 11 is 0. The van der Waals surface area contributed by atoms with Crippen LogP contribution in [0.25, 0.3) is 0 Å². The van der Waals surface area contributed by atoms with Crippen LogP contribution >= 0.6 is 0 Å². The molecule has 2 rings (SSSR count). The van der Waals surface area contributed by atoms with E-state index in [1.165, 1.54) is 5.56 Å². The summed E-state index contributed by atoms with van der Waals surface area (Å²) in [7, 11) is 0. The first-order valence-electron chi connectivity index (χ1n) is 4.73. The molecule has 0 heterocycles. The highest BCUT2D eigenvalue weighted by Gasteiger charge is 2.49. The van der Waals surface area contributed by atoms with Crippen molar-refractivity contribution >= 4 is 0 Å². The van der Waals surface area contributed by atoms with Gasteiger partial charge in [0.05, 0.1) is 0 Å². The number of hydrogen-bond acceptors (Lipinski definition) is 2. The standard InChI is InChI=1S/C11H15NO/c1-2-11(12)7-10(11)8-3-5-9(13)6-4-8/h3-6,10,13H,2,7,12H2,1H3/t10?,11-/m1/s1. The summed E-state index contributed by atoms with van der Waals surface area (Å²) in [5.74, 6) is 0.821. The van der Waals surface area contributed by atoms with Crippen LogP contribution in [0, 0.1) is 0 Å². The number of phenolic OH excluding ortho intramolecular Hbond substituents is 1. The van der Waals surface area contributed by atoms with E-state index in [9.17, 15) is 0 Å². The first kappa shape index (κ1) is 8.57. The largest absolute Gasteiger partial charge is 0.508 e. The molecule has 0 aliphatic heterocycles. The Morgan fingerprint density at radius 1 is 1.46 bits per heavy atom. The van der Waals surface area contributed by atoms with Gasteiger partial charge in [-0.25, -0.2) is 0 Å². The van der Waals surface area contributed by atoms with Crippen LogP contribution in [0.15, 0.2) is 24.3 Å². The lowest BCUT2D eigenvalue weighted by molar-refractivity contribution is 0.475. The van der Waals surface area contributed by atoms with Gasteiger partial charge in [-0.15, -0.1) is 0 Å². The molecule has 0 aromatic heterocycles. The third kappa shape index (κ3) is 1.42. The molecule has 2 atom stereocenters. The Labute approximate surface area is 78.4 Å². The maximum atomic E-state index is 9.11. The molecule has 1 saturated carbocycles. The van der Waals surface area contributed by atoms with Crippen molar-refractivity contribution in [3.8, 4) is 5.75 Å². The molecule has 1 aromatic rings. The van der Waals surface area contributed by atoms with Gasteiger partial charge in [0.25, 0.3) is 0 Å². The lowest BCUT2D eigenvalue weighted by Crippen LogP contribution is -2.22. The van der Waals surface area contributed by atoms with Crippen molar-refractivity contribution in [3.05, 3.63) is 29.8 Å². The van der Waals surface area contributed by atoms with Crippen molar-refractivity contribution in [3.63, 3.8) is 0 Å². The van der Waals surface area contributed by atoms with Crippen molar-refractivity contribution in [1.82, 2.24) is 0 Å². The van der Waals surface area contributed by atoms with Crippen LogP contribution < -0.4 is 5.73 Å². The van der Waals surface area contributed by atoms with Gasteiger partial charge in [-0.2, -0.15) is 0 Å². The normalized spacial score (nSPS) is 31.7. The topological polar surface area (TPSA) is 46.2 Å². The van der Waals surface area contributed by atoms with E-state index in [0.717, 1.165) is 12.8 Å². The molecule has 2 heteroatoms. The average molecular weight is 177 g/mol. The summed E-state index contributed by atoms with van der Waals surface area (Å²) in [5.41, 5.74) is 7.37. The van der Waals surface area contributed by atoms with E-state index in [4.69, 9.17) is 10.8 Å². The first-order valence-corrected chi connectivity index (χ1v) is 4.73. The van der Waals surface area contributed by atoms with Crippen LogP contribution in [0.5, 0.6) is 5.75 Å². The van der Waals surface area contributed by atoms with E-state index in [-0.39, 0.29) is 5.54 Å². The number of phenols is 1. The molecule has 0 spiro atoms. The van der Waals surface area contributed by atoms with Gasteiger partial charge in [-0.3, -0.25) is 0 Å². The van der Waals surface area contributed by atoms with Crippen LogP contribution in [0.1, 0.15) is 31.2 Å². The zero-order valence-corrected chi connectivity index (χ0v) is 7.83. The third-order valence-corrected chi connectivity index (χ3v) is 3.07. The van der Waals surface area contributed by atoms with Gasteiger partial charge in [0.2, 0.25) is 0 Å². The Morgan fingerprint density at radius 3 is 2.54 bits per heavy atom. The minimum Gasteiger partial charge on any atom is -0.508 e. The van der Waals surface area contributed by atoms with Gasteiger partial charge in [0, 0.05) is 11.5 Å². The molecule has 2 nitrogen and oxygen atoms in total. The molecule has 0 bridgehead atoms. The van der Waals surface area contributed by atoms with Crippen molar-refractivity contribution in [1.29, 1.82) is 0 Å². The molecule has 1 aliphatic carbocycles. The first-order chi connectivity index (χ1) is 6.15. The van der Waals surface area contributed by atoms with Gasteiger partial charge in [0.15, 0.2) is 0 Å². The third-order valence-electron chi connectivity index (χ3n) is 3.07. The second kappa shape index (κ2) is 2.74. The summed E-state index contributed by atoms with van der Waals surface area (Å²) in [4.78, 5) is 0. The van der Waals surface area contributed by atoms with Crippen LogP contribution in [0.4, 0.5) is 0 Å². The van der Waals surface area contributed by atoms with E-state index in [1.54, 1.807) is 12.1 Å². The Bertz CT molecular complexity index is 306. The van der Waals surface area contributed by atoms with Crippen molar-refractivity contribution in [2.24, 2.45) is 5.73 Å². The summed E-state index contributed by atoms with van der Waals surface area (Å²) in [6.07, 6.45) is 2.10. The molecule has 0 radical (unpaired) electrons. The van der Waals surface area contributed by atoms with Crippen molar-refractivity contribution in [2.75, 3.05) is 0 Å². The highest BCUT2D eigenvalue weighted by Crippen LogP contribution is 2.51. The minimum absolute atomic E-state index is 0.0248. The predicted octanol–water partition coefficient (Wildman–Crippen LogP) is 1.99. The molecule has 0 amide bonds. The Hall–Kier alpha value is -1.02. The fourth-order valence-electron chi connectivity index (χ4n) is 1.87. The maximum Gasteiger partial charge on any atom is 0.115 e.